The van der Waals surface area contributed by atoms with E-state index in [4.69, 9.17) is 0 Å². The van der Waals surface area contributed by atoms with Gasteiger partial charge in [0.25, 0.3) is 0 Å². The summed E-state index contributed by atoms with van der Waals surface area (Å²) in [5.74, 6) is 0. The van der Waals surface area contributed by atoms with Crippen molar-refractivity contribution < 1.29 is 8.42 Å². The predicted octanol–water partition coefficient (Wildman–Crippen LogP) is 4.85. The minimum atomic E-state index is -3.58. The van der Waals surface area contributed by atoms with Gasteiger partial charge in [0.2, 0.25) is 10.0 Å². The van der Waals surface area contributed by atoms with Crippen LogP contribution in [0.5, 0.6) is 0 Å². The number of nitrogens with one attached hydrogen (secondary N) is 1. The maximum Gasteiger partial charge on any atom is 0.240 e. The van der Waals surface area contributed by atoms with E-state index < -0.39 is 10.0 Å². The van der Waals surface area contributed by atoms with E-state index in [9.17, 15) is 8.42 Å². The SMILES string of the molecule is CCN(c1c(C)cccc1C)[C@H](CNS(=O)(=O)c1ccccc1)c1ccccc1. The molecule has 1 N–H and O–H groups in total. The number of aryl methyl sites for hydroxylation is 2. The highest BCUT2D eigenvalue weighted by molar-refractivity contribution is 7.89. The molecule has 0 aliphatic rings. The third-order valence-corrected chi connectivity index (χ3v) is 6.59. The van der Waals surface area contributed by atoms with Crippen molar-refractivity contribution in [2.75, 3.05) is 18.0 Å². The Bertz CT molecular complexity index is 1010. The monoisotopic (exact) mass is 408 g/mol. The second kappa shape index (κ2) is 9.25. The molecule has 0 aliphatic carbocycles. The van der Waals surface area contributed by atoms with Crippen molar-refractivity contribution in [3.05, 3.63) is 95.6 Å². The fraction of sp³-hybridized carbons (Fsp3) is 0.250. The zero-order valence-corrected chi connectivity index (χ0v) is 18.0. The lowest BCUT2D eigenvalue weighted by molar-refractivity contribution is 0.561. The highest BCUT2D eigenvalue weighted by Crippen LogP contribution is 2.32. The molecule has 152 valence electrons. The fourth-order valence-corrected chi connectivity index (χ4v) is 4.81. The summed E-state index contributed by atoms with van der Waals surface area (Å²) in [4.78, 5) is 2.56. The van der Waals surface area contributed by atoms with Crippen LogP contribution in [-0.2, 0) is 10.0 Å². The van der Waals surface area contributed by atoms with Crippen LogP contribution < -0.4 is 9.62 Å². The highest BCUT2D eigenvalue weighted by atomic mass is 32.2. The van der Waals surface area contributed by atoms with Gasteiger partial charge in [-0.1, -0.05) is 66.7 Å². The van der Waals surface area contributed by atoms with Crippen molar-refractivity contribution in [3.63, 3.8) is 0 Å². The number of anilines is 1. The summed E-state index contributed by atoms with van der Waals surface area (Å²) >= 11 is 0. The van der Waals surface area contributed by atoms with Gasteiger partial charge < -0.3 is 4.90 Å². The number of sulfonamides is 1. The Labute approximate surface area is 174 Å². The summed E-state index contributed by atoms with van der Waals surface area (Å²) in [5, 5.41) is 0. The molecule has 0 fully saturated rings. The smallest absolute Gasteiger partial charge is 0.240 e. The highest BCUT2D eigenvalue weighted by Gasteiger charge is 2.24. The topological polar surface area (TPSA) is 49.4 Å². The predicted molar refractivity (Wildman–Crippen MR) is 120 cm³/mol. The molecule has 3 aromatic rings. The lowest BCUT2D eigenvalue weighted by Crippen LogP contribution is -2.38. The van der Waals surface area contributed by atoms with Crippen LogP contribution in [0.25, 0.3) is 0 Å². The van der Waals surface area contributed by atoms with Crippen molar-refractivity contribution in [3.8, 4) is 0 Å². The molecule has 0 unspecified atom stereocenters. The van der Waals surface area contributed by atoms with Gasteiger partial charge >= 0.3 is 0 Å². The van der Waals surface area contributed by atoms with Crippen LogP contribution >= 0.6 is 0 Å². The zero-order valence-electron chi connectivity index (χ0n) is 17.2. The van der Waals surface area contributed by atoms with Gasteiger partial charge in [0.05, 0.1) is 10.9 Å². The first-order valence-corrected chi connectivity index (χ1v) is 11.3. The summed E-state index contributed by atoms with van der Waals surface area (Å²) in [7, 11) is -3.58. The number of hydrogen-bond acceptors (Lipinski definition) is 3. The first-order valence-electron chi connectivity index (χ1n) is 9.86. The number of rotatable bonds is 8. The molecule has 5 heteroatoms. The lowest BCUT2D eigenvalue weighted by atomic mass is 10.0. The van der Waals surface area contributed by atoms with E-state index in [0.29, 0.717) is 0 Å². The minimum absolute atomic E-state index is 0.125. The van der Waals surface area contributed by atoms with Crippen LogP contribution in [0.15, 0.2) is 83.8 Å². The maximum atomic E-state index is 12.8. The van der Waals surface area contributed by atoms with E-state index in [0.717, 1.165) is 17.8 Å². The largest absolute Gasteiger partial charge is 0.363 e. The zero-order chi connectivity index (χ0) is 20.9. The Kier molecular flexibility index (Phi) is 6.72. The van der Waals surface area contributed by atoms with Gasteiger partial charge in [0.1, 0.15) is 0 Å². The van der Waals surface area contributed by atoms with Crippen molar-refractivity contribution in [2.45, 2.75) is 31.7 Å². The first-order chi connectivity index (χ1) is 13.9. The van der Waals surface area contributed by atoms with Gasteiger partial charge in [-0.2, -0.15) is 0 Å². The van der Waals surface area contributed by atoms with Crippen molar-refractivity contribution in [1.29, 1.82) is 0 Å². The molecule has 0 amide bonds. The molecule has 0 spiro atoms. The standard InChI is InChI=1S/C24H28N2O2S/c1-4-26(24-19(2)12-11-13-20(24)3)23(21-14-7-5-8-15-21)18-25-29(27,28)22-16-9-6-10-17-22/h5-17,23,25H,4,18H2,1-3H3/t23-/m1/s1. The number of nitrogens with zero attached hydrogens (tertiary/aromatic N) is 1. The second-order valence-electron chi connectivity index (χ2n) is 7.12. The quantitative estimate of drug-likeness (QED) is 0.580. The van der Waals surface area contributed by atoms with E-state index in [-0.39, 0.29) is 17.5 Å². The summed E-state index contributed by atoms with van der Waals surface area (Å²) in [6.07, 6.45) is 0. The van der Waals surface area contributed by atoms with Gasteiger partial charge in [0.15, 0.2) is 0 Å². The third-order valence-electron chi connectivity index (χ3n) is 5.15. The van der Waals surface area contributed by atoms with Crippen LogP contribution in [0.4, 0.5) is 5.69 Å². The molecular formula is C24H28N2O2S. The maximum absolute atomic E-state index is 12.8. The van der Waals surface area contributed by atoms with E-state index in [2.05, 4.69) is 60.7 Å². The Morgan fingerprint density at radius 1 is 0.828 bits per heavy atom. The lowest BCUT2D eigenvalue weighted by Gasteiger charge is -2.35. The molecule has 29 heavy (non-hydrogen) atoms. The van der Waals surface area contributed by atoms with Crippen molar-refractivity contribution in [1.82, 2.24) is 4.72 Å². The van der Waals surface area contributed by atoms with Gasteiger partial charge in [-0.25, -0.2) is 13.1 Å². The van der Waals surface area contributed by atoms with Gasteiger partial charge in [-0.15, -0.1) is 0 Å². The molecule has 4 nitrogen and oxygen atoms in total. The van der Waals surface area contributed by atoms with E-state index >= 15 is 0 Å². The van der Waals surface area contributed by atoms with Crippen LogP contribution in [0.3, 0.4) is 0 Å². The average molecular weight is 409 g/mol. The molecule has 0 saturated heterocycles. The third kappa shape index (κ3) is 4.86. The molecule has 3 rings (SSSR count). The Morgan fingerprint density at radius 2 is 1.38 bits per heavy atom. The van der Waals surface area contributed by atoms with Crippen molar-refractivity contribution >= 4 is 15.7 Å². The Morgan fingerprint density at radius 3 is 1.93 bits per heavy atom. The first kappa shape index (κ1) is 21.1. The van der Waals surface area contributed by atoms with Gasteiger partial charge in [-0.05, 0) is 49.6 Å². The van der Waals surface area contributed by atoms with Gasteiger partial charge in [0, 0.05) is 18.8 Å². The van der Waals surface area contributed by atoms with Gasteiger partial charge in [-0.3, -0.25) is 0 Å². The molecule has 0 radical (unpaired) electrons. The average Bonchev–Trinajstić information content (AvgIpc) is 2.73. The second-order valence-corrected chi connectivity index (χ2v) is 8.88. The normalized spacial score (nSPS) is 12.5. The number of para-hydroxylation sites is 1. The molecule has 0 bridgehead atoms. The number of hydrogen-bond donors (Lipinski definition) is 1. The van der Waals surface area contributed by atoms with E-state index in [1.54, 1.807) is 24.3 Å². The number of benzene rings is 3. The molecule has 0 heterocycles. The van der Waals surface area contributed by atoms with Crippen LogP contribution in [0, 0.1) is 13.8 Å². The Hall–Kier alpha value is -2.63. The van der Waals surface area contributed by atoms with E-state index in [1.165, 1.54) is 11.1 Å². The molecule has 3 aromatic carbocycles. The Balaban J connectivity index is 1.97. The summed E-state index contributed by atoms with van der Waals surface area (Å²) in [6, 6.07) is 24.7. The molecule has 1 atom stereocenters. The van der Waals surface area contributed by atoms with Crippen LogP contribution in [-0.4, -0.2) is 21.5 Å². The number of likely N-dealkylation sites (N-methyl/N-ethyl adjacent to an activating group) is 1. The molecule has 0 aromatic heterocycles. The van der Waals surface area contributed by atoms with Crippen molar-refractivity contribution in [2.24, 2.45) is 0 Å². The van der Waals surface area contributed by atoms with Crippen LogP contribution in [0.2, 0.25) is 0 Å². The summed E-state index contributed by atoms with van der Waals surface area (Å²) in [5.41, 5.74) is 4.59. The molecule has 0 saturated carbocycles. The van der Waals surface area contributed by atoms with Crippen LogP contribution in [0.1, 0.15) is 29.7 Å². The van der Waals surface area contributed by atoms with E-state index in [1.807, 2.05) is 24.3 Å². The minimum Gasteiger partial charge on any atom is -0.363 e. The summed E-state index contributed by atoms with van der Waals surface area (Å²) < 4.78 is 28.5. The molecular weight excluding hydrogens is 380 g/mol. The fourth-order valence-electron chi connectivity index (χ4n) is 3.75. The summed E-state index contributed by atoms with van der Waals surface area (Å²) in [6.45, 7) is 7.34. The molecule has 0 aliphatic heterocycles.